The Balaban J connectivity index is 1.81. The van der Waals surface area contributed by atoms with Gasteiger partial charge in [0.15, 0.2) is 0 Å². The van der Waals surface area contributed by atoms with Crippen LogP contribution in [0.2, 0.25) is 0 Å². The molecule has 0 bridgehead atoms. The number of aromatic nitrogens is 3. The Kier molecular flexibility index (Phi) is 7.80. The van der Waals surface area contributed by atoms with Gasteiger partial charge < -0.3 is 9.47 Å². The summed E-state index contributed by atoms with van der Waals surface area (Å²) in [6, 6.07) is 12.6. The third kappa shape index (κ3) is 5.76. The molecular formula is C28H34N4O5. The maximum absolute atomic E-state index is 13.7. The van der Waals surface area contributed by atoms with Crippen molar-refractivity contribution in [3.63, 3.8) is 0 Å². The molecule has 0 spiro atoms. The van der Waals surface area contributed by atoms with E-state index in [1.54, 1.807) is 13.8 Å². The van der Waals surface area contributed by atoms with Crippen LogP contribution in [0.15, 0.2) is 57.0 Å². The van der Waals surface area contributed by atoms with Gasteiger partial charge in [0.2, 0.25) is 5.62 Å². The maximum Gasteiger partial charge on any atom is 0.335 e. The minimum atomic E-state index is -0.729. The van der Waals surface area contributed by atoms with E-state index >= 15 is 0 Å². The molecule has 0 amide bonds. The van der Waals surface area contributed by atoms with Gasteiger partial charge in [-0.3, -0.25) is 14.3 Å². The summed E-state index contributed by atoms with van der Waals surface area (Å²) in [5.74, 6) is -0.395. The summed E-state index contributed by atoms with van der Waals surface area (Å²) >= 11 is 0. The van der Waals surface area contributed by atoms with Crippen LogP contribution >= 0.6 is 0 Å². The van der Waals surface area contributed by atoms with Gasteiger partial charge in [-0.2, -0.15) is 0 Å². The number of esters is 1. The van der Waals surface area contributed by atoms with Gasteiger partial charge in [-0.25, -0.2) is 19.1 Å². The highest BCUT2D eigenvalue weighted by Gasteiger charge is 2.26. The second kappa shape index (κ2) is 11.0. The molecule has 9 heteroatoms. The van der Waals surface area contributed by atoms with E-state index in [4.69, 9.17) is 9.47 Å². The van der Waals surface area contributed by atoms with Crippen molar-refractivity contribution in [2.24, 2.45) is 10.9 Å². The molecule has 1 aliphatic rings. The van der Waals surface area contributed by atoms with Crippen LogP contribution in [0.1, 0.15) is 55.8 Å². The Bertz CT molecular complexity index is 1460. The first kappa shape index (κ1) is 26.2. The lowest BCUT2D eigenvalue weighted by Gasteiger charge is -2.27. The third-order valence-electron chi connectivity index (χ3n) is 7.03. The van der Waals surface area contributed by atoms with Crippen LogP contribution in [0.4, 0.5) is 5.69 Å². The van der Waals surface area contributed by atoms with Gasteiger partial charge >= 0.3 is 17.3 Å². The predicted octanol–water partition coefficient (Wildman–Crippen LogP) is 3.54. The lowest BCUT2D eigenvalue weighted by molar-refractivity contribution is -0.146. The summed E-state index contributed by atoms with van der Waals surface area (Å²) < 4.78 is 13.3. The van der Waals surface area contributed by atoms with E-state index in [0.717, 1.165) is 39.8 Å². The normalized spacial score (nSPS) is 15.6. The molecule has 196 valence electrons. The van der Waals surface area contributed by atoms with Gasteiger partial charge in [0.1, 0.15) is 5.75 Å². The zero-order chi connectivity index (χ0) is 26.7. The third-order valence-corrected chi connectivity index (χ3v) is 7.03. The van der Waals surface area contributed by atoms with E-state index in [-0.39, 0.29) is 18.3 Å². The number of methoxy groups -OCH3 is 1. The number of rotatable bonds is 8. The number of nitrogens with one attached hydrogen (secondary N) is 1. The molecule has 3 aromatic rings. The molecule has 9 nitrogen and oxygen atoms in total. The van der Waals surface area contributed by atoms with Gasteiger partial charge in [0, 0.05) is 0 Å². The van der Waals surface area contributed by atoms with E-state index in [2.05, 4.69) is 9.98 Å². The second-order valence-electron chi connectivity index (χ2n) is 9.76. The first-order valence-corrected chi connectivity index (χ1v) is 12.6. The van der Waals surface area contributed by atoms with Crippen LogP contribution < -0.4 is 21.7 Å². The zero-order valence-electron chi connectivity index (χ0n) is 22.0. The molecule has 1 fully saturated rings. The van der Waals surface area contributed by atoms with Crippen molar-refractivity contribution < 1.29 is 14.3 Å². The molecule has 4 rings (SSSR count). The Morgan fingerprint density at radius 1 is 1.11 bits per heavy atom. The largest absolute Gasteiger partial charge is 0.490 e. The molecule has 37 heavy (non-hydrogen) atoms. The summed E-state index contributed by atoms with van der Waals surface area (Å²) in [6.07, 6.45) is 3.58. The van der Waals surface area contributed by atoms with Crippen LogP contribution in [0.25, 0.3) is 0 Å². The van der Waals surface area contributed by atoms with Crippen molar-refractivity contribution in [2.45, 2.75) is 65.6 Å². The van der Waals surface area contributed by atoms with E-state index in [0.29, 0.717) is 5.69 Å². The molecule has 2 aromatic carbocycles. The minimum Gasteiger partial charge on any atom is -0.490 e. The van der Waals surface area contributed by atoms with Gasteiger partial charge in [-0.15, -0.1) is 0 Å². The number of aryl methyl sites for hydroxylation is 2. The second-order valence-corrected chi connectivity index (χ2v) is 9.76. The number of aromatic amines is 1. The van der Waals surface area contributed by atoms with E-state index in [9.17, 15) is 14.4 Å². The fourth-order valence-corrected chi connectivity index (χ4v) is 4.23. The van der Waals surface area contributed by atoms with E-state index in [1.165, 1.54) is 18.1 Å². The number of carbonyl (C=O) groups excluding carboxylic acids is 1. The average Bonchev–Trinajstić information content (AvgIpc) is 2.84. The SMILES string of the molecule is COC(=O)[C@H](C)[C@H](C)n1c(=O)[nH]/c(=N\c2ccc(OC3CCC3)c(C)c2)n(Cc2ccc(C)cc2)c1=O. The molecule has 1 aliphatic carbocycles. The number of ether oxygens (including phenoxy) is 2. The van der Waals surface area contributed by atoms with Crippen LogP contribution in [-0.4, -0.2) is 33.3 Å². The molecule has 1 aromatic heterocycles. The fraction of sp³-hybridized carbons (Fsp3) is 0.429. The highest BCUT2D eigenvalue weighted by atomic mass is 16.5. The number of carbonyl (C=O) groups is 1. The number of nitrogens with zero attached hydrogens (tertiary/aromatic N) is 3. The smallest absolute Gasteiger partial charge is 0.335 e. The number of hydrogen-bond acceptors (Lipinski definition) is 6. The van der Waals surface area contributed by atoms with Crippen LogP contribution in [0, 0.1) is 19.8 Å². The van der Waals surface area contributed by atoms with Gasteiger partial charge in [0.25, 0.3) is 0 Å². The zero-order valence-corrected chi connectivity index (χ0v) is 22.0. The topological polar surface area (TPSA) is 108 Å². The predicted molar refractivity (Wildman–Crippen MR) is 140 cm³/mol. The van der Waals surface area contributed by atoms with Crippen molar-refractivity contribution in [1.29, 1.82) is 0 Å². The Morgan fingerprint density at radius 3 is 2.41 bits per heavy atom. The monoisotopic (exact) mass is 506 g/mol. The maximum atomic E-state index is 13.7. The Hall–Kier alpha value is -3.88. The quantitative estimate of drug-likeness (QED) is 0.470. The highest BCUT2D eigenvalue weighted by molar-refractivity contribution is 5.72. The number of benzene rings is 2. The Morgan fingerprint density at radius 2 is 1.81 bits per heavy atom. The van der Waals surface area contributed by atoms with Crippen molar-refractivity contribution >= 4 is 11.7 Å². The minimum absolute atomic E-state index is 0.122. The summed E-state index contributed by atoms with van der Waals surface area (Å²) in [4.78, 5) is 46.3. The summed E-state index contributed by atoms with van der Waals surface area (Å²) in [5.41, 5.74) is 2.39. The molecule has 1 heterocycles. The van der Waals surface area contributed by atoms with Crippen LogP contribution in [-0.2, 0) is 16.1 Å². The average molecular weight is 507 g/mol. The van der Waals surface area contributed by atoms with Gasteiger partial charge in [-0.05, 0) is 76.3 Å². The molecule has 2 atom stereocenters. The van der Waals surface area contributed by atoms with Crippen molar-refractivity contribution in [1.82, 2.24) is 14.1 Å². The van der Waals surface area contributed by atoms with Gasteiger partial charge in [0.05, 0.1) is 37.4 Å². The lowest BCUT2D eigenvalue weighted by atomic mass is 9.96. The van der Waals surface area contributed by atoms with Gasteiger partial charge in [-0.1, -0.05) is 29.8 Å². The molecule has 0 saturated heterocycles. The van der Waals surface area contributed by atoms with Crippen molar-refractivity contribution in [3.8, 4) is 5.75 Å². The molecule has 0 radical (unpaired) electrons. The van der Waals surface area contributed by atoms with Crippen LogP contribution in [0.3, 0.4) is 0 Å². The van der Waals surface area contributed by atoms with E-state index in [1.807, 2.05) is 56.3 Å². The highest BCUT2D eigenvalue weighted by Crippen LogP contribution is 2.29. The molecule has 0 unspecified atom stereocenters. The molecule has 0 aliphatic heterocycles. The lowest BCUT2D eigenvalue weighted by Crippen LogP contribution is -2.52. The van der Waals surface area contributed by atoms with E-state index < -0.39 is 29.3 Å². The number of hydrogen-bond donors (Lipinski definition) is 1. The standard InChI is InChI=1S/C28H34N4O5/c1-17-9-11-21(12-10-17)16-31-26(29-22-13-14-24(18(2)15-22)37-23-7-6-8-23)30-27(34)32(28(31)35)20(4)19(3)25(33)36-5/h9-15,19-20,23H,6-8,16H2,1-5H3,(H,29,30,34)/t19-,20+/m1/s1. The number of H-pyrrole nitrogens is 1. The van der Waals surface area contributed by atoms with Crippen LogP contribution in [0.5, 0.6) is 5.75 Å². The summed E-state index contributed by atoms with van der Waals surface area (Å²) in [6.45, 7) is 7.40. The molecular weight excluding hydrogens is 472 g/mol. The van der Waals surface area contributed by atoms with Crippen molar-refractivity contribution in [2.75, 3.05) is 7.11 Å². The van der Waals surface area contributed by atoms with Crippen molar-refractivity contribution in [3.05, 3.63) is 85.7 Å². The summed E-state index contributed by atoms with van der Waals surface area (Å²) in [5, 5.41) is 0. The Labute approximate surface area is 215 Å². The first-order valence-electron chi connectivity index (χ1n) is 12.6. The fourth-order valence-electron chi connectivity index (χ4n) is 4.23. The molecule has 1 saturated carbocycles. The summed E-state index contributed by atoms with van der Waals surface area (Å²) in [7, 11) is 1.28. The molecule has 1 N–H and O–H groups in total. The first-order chi connectivity index (χ1) is 17.7.